The molecule has 2 aliphatic rings. The molecule has 0 saturated heterocycles. The number of amides is 1. The average molecular weight is 498 g/mol. The quantitative estimate of drug-likeness (QED) is 0.375. The number of hydrogen-bond acceptors (Lipinski definition) is 4. The summed E-state index contributed by atoms with van der Waals surface area (Å²) in [6.45, 7) is 0.513. The Morgan fingerprint density at radius 2 is 1.89 bits per heavy atom. The smallest absolute Gasteiger partial charge is 0.422 e. The van der Waals surface area contributed by atoms with Crippen molar-refractivity contribution < 1.29 is 27.4 Å². The van der Waals surface area contributed by atoms with Gasteiger partial charge in [-0.3, -0.25) is 5.32 Å². The molecule has 36 heavy (non-hydrogen) atoms. The van der Waals surface area contributed by atoms with Gasteiger partial charge in [0, 0.05) is 23.2 Å². The molecule has 188 valence electrons. The van der Waals surface area contributed by atoms with Crippen molar-refractivity contribution in [3.63, 3.8) is 0 Å². The predicted molar refractivity (Wildman–Crippen MR) is 129 cm³/mol. The normalized spacial score (nSPS) is 16.8. The molecule has 2 aromatic carbocycles. The lowest BCUT2D eigenvalue weighted by Crippen LogP contribution is -2.21. The maximum atomic E-state index is 12.7. The fourth-order valence-electron chi connectivity index (χ4n) is 4.66. The van der Waals surface area contributed by atoms with Gasteiger partial charge in [0.1, 0.15) is 17.9 Å². The van der Waals surface area contributed by atoms with Gasteiger partial charge in [-0.25, -0.2) is 4.79 Å². The van der Waals surface area contributed by atoms with Crippen molar-refractivity contribution >= 4 is 22.7 Å². The summed E-state index contributed by atoms with van der Waals surface area (Å²) >= 11 is 0. The first-order valence-corrected chi connectivity index (χ1v) is 12.1. The van der Waals surface area contributed by atoms with Gasteiger partial charge < -0.3 is 14.0 Å². The van der Waals surface area contributed by atoms with E-state index in [0.717, 1.165) is 37.7 Å². The van der Waals surface area contributed by atoms with Crippen molar-refractivity contribution in [2.24, 2.45) is 5.92 Å². The van der Waals surface area contributed by atoms with E-state index < -0.39 is 18.9 Å². The van der Waals surface area contributed by atoms with E-state index in [-0.39, 0.29) is 17.9 Å². The summed E-state index contributed by atoms with van der Waals surface area (Å²) in [6, 6.07) is 14.3. The summed E-state index contributed by atoms with van der Waals surface area (Å²) < 4.78 is 50.5. The summed E-state index contributed by atoms with van der Waals surface area (Å²) in [5, 5.41) is 13.4. The van der Waals surface area contributed by atoms with Gasteiger partial charge in [0.15, 0.2) is 6.61 Å². The van der Waals surface area contributed by atoms with Crippen LogP contribution in [-0.2, 0) is 4.74 Å². The summed E-state index contributed by atoms with van der Waals surface area (Å²) in [5.74, 6) is 0.544. The lowest BCUT2D eigenvalue weighted by Gasteiger charge is -2.30. The molecule has 0 spiro atoms. The number of anilines is 1. The van der Waals surface area contributed by atoms with Crippen molar-refractivity contribution in [3.8, 4) is 23.1 Å². The Morgan fingerprint density at radius 3 is 2.47 bits per heavy atom. The molecule has 2 saturated carbocycles. The number of nitriles is 1. The van der Waals surface area contributed by atoms with Crippen molar-refractivity contribution in [2.75, 3.05) is 11.9 Å². The van der Waals surface area contributed by atoms with Gasteiger partial charge in [0.2, 0.25) is 0 Å². The number of rotatable bonds is 7. The molecule has 9 heteroatoms. The third-order valence-electron chi connectivity index (χ3n) is 6.91. The SMILES string of the molecule is CC(OC(=O)Nc1ccc(-c2c(C#N)c3ccc(OCC(F)(F)F)cc3n2C2CCC2)cc1)C1CC1. The van der Waals surface area contributed by atoms with Gasteiger partial charge in [-0.15, -0.1) is 0 Å². The van der Waals surface area contributed by atoms with Crippen molar-refractivity contribution in [3.05, 3.63) is 48.0 Å². The Balaban J connectivity index is 1.46. The molecule has 1 aromatic heterocycles. The zero-order valence-electron chi connectivity index (χ0n) is 19.8. The highest BCUT2D eigenvalue weighted by molar-refractivity contribution is 5.96. The highest BCUT2D eigenvalue weighted by Crippen LogP contribution is 2.43. The molecule has 2 fully saturated rings. The summed E-state index contributed by atoms with van der Waals surface area (Å²) in [6.07, 6.45) is -0.0306. The molecule has 0 radical (unpaired) electrons. The van der Waals surface area contributed by atoms with Crippen LogP contribution in [-0.4, -0.2) is 29.5 Å². The Kier molecular flexibility index (Phi) is 6.29. The lowest BCUT2D eigenvalue weighted by atomic mass is 9.92. The van der Waals surface area contributed by atoms with E-state index in [0.29, 0.717) is 33.8 Å². The largest absolute Gasteiger partial charge is 0.484 e. The third kappa shape index (κ3) is 4.99. The molecular formula is C27H26F3N3O3. The van der Waals surface area contributed by atoms with Crippen molar-refractivity contribution in [1.82, 2.24) is 4.57 Å². The molecule has 1 heterocycles. The number of benzene rings is 2. The van der Waals surface area contributed by atoms with Crippen LogP contribution >= 0.6 is 0 Å². The van der Waals surface area contributed by atoms with Gasteiger partial charge in [-0.1, -0.05) is 12.1 Å². The van der Waals surface area contributed by atoms with Crippen LogP contribution < -0.4 is 10.1 Å². The van der Waals surface area contributed by atoms with E-state index in [1.807, 2.05) is 23.6 Å². The first kappa shape index (κ1) is 24.0. The zero-order valence-corrected chi connectivity index (χ0v) is 19.8. The van der Waals surface area contributed by atoms with E-state index in [1.165, 1.54) is 6.07 Å². The zero-order chi connectivity index (χ0) is 25.4. The van der Waals surface area contributed by atoms with Crippen molar-refractivity contribution in [1.29, 1.82) is 5.26 Å². The number of carbonyl (C=O) groups excluding carboxylic acids is 1. The molecule has 1 amide bonds. The second kappa shape index (κ2) is 9.41. The second-order valence-electron chi connectivity index (χ2n) is 9.52. The Hall–Kier alpha value is -3.67. The van der Waals surface area contributed by atoms with Gasteiger partial charge in [0.25, 0.3) is 0 Å². The van der Waals surface area contributed by atoms with Gasteiger partial charge in [-0.2, -0.15) is 18.4 Å². The molecule has 6 nitrogen and oxygen atoms in total. The minimum absolute atomic E-state index is 0.104. The number of fused-ring (bicyclic) bond motifs is 1. The van der Waals surface area contributed by atoms with Crippen LogP contribution in [0.5, 0.6) is 5.75 Å². The summed E-state index contributed by atoms with van der Waals surface area (Å²) in [7, 11) is 0. The number of hydrogen-bond donors (Lipinski definition) is 1. The molecule has 5 rings (SSSR count). The Bertz CT molecular complexity index is 1320. The van der Waals surface area contributed by atoms with E-state index in [1.54, 1.807) is 24.3 Å². The van der Waals surface area contributed by atoms with Crippen LogP contribution in [0.25, 0.3) is 22.2 Å². The fraction of sp³-hybridized carbons (Fsp3) is 0.407. The number of ether oxygens (including phenoxy) is 2. The first-order chi connectivity index (χ1) is 17.2. The standard InChI is InChI=1S/C27H26F3N3O3/c1-16(17-5-6-17)36-26(34)32-19-9-7-18(8-10-19)25-23(14-31)22-12-11-21(35-15-27(28,29)30)13-24(22)33(25)20-3-2-4-20/h7-13,16-17,20H,2-6,15H2,1H3,(H,32,34). The van der Waals surface area contributed by atoms with E-state index in [2.05, 4.69) is 11.4 Å². The number of aromatic nitrogens is 1. The minimum atomic E-state index is -4.44. The van der Waals surface area contributed by atoms with Crippen LogP contribution in [0.3, 0.4) is 0 Å². The molecule has 1 atom stereocenters. The molecule has 1 unspecified atom stereocenters. The molecular weight excluding hydrogens is 471 g/mol. The number of nitrogens with zero attached hydrogens (tertiary/aromatic N) is 2. The minimum Gasteiger partial charge on any atom is -0.484 e. The summed E-state index contributed by atoms with van der Waals surface area (Å²) in [4.78, 5) is 12.2. The second-order valence-corrected chi connectivity index (χ2v) is 9.52. The molecule has 2 aliphatic carbocycles. The van der Waals surface area contributed by atoms with Crippen molar-refractivity contribution in [2.45, 2.75) is 57.3 Å². The molecule has 1 N–H and O–H groups in total. The van der Waals surface area contributed by atoms with Gasteiger partial charge in [0.05, 0.1) is 16.8 Å². The average Bonchev–Trinajstić information content (AvgIpc) is 3.60. The summed E-state index contributed by atoms with van der Waals surface area (Å²) in [5.41, 5.74) is 3.18. The van der Waals surface area contributed by atoms with Gasteiger partial charge in [-0.05, 0) is 74.8 Å². The predicted octanol–water partition coefficient (Wildman–Crippen LogP) is 7.19. The Morgan fingerprint density at radius 1 is 1.17 bits per heavy atom. The molecule has 0 aliphatic heterocycles. The van der Waals surface area contributed by atoms with Crippen LogP contribution in [0.4, 0.5) is 23.7 Å². The third-order valence-corrected chi connectivity index (χ3v) is 6.91. The Labute approximate surface area is 206 Å². The lowest BCUT2D eigenvalue weighted by molar-refractivity contribution is -0.153. The van der Waals surface area contributed by atoms with E-state index in [4.69, 9.17) is 9.47 Å². The number of nitrogens with one attached hydrogen (secondary N) is 1. The molecule has 0 bridgehead atoms. The monoisotopic (exact) mass is 497 g/mol. The number of carbonyl (C=O) groups is 1. The first-order valence-electron chi connectivity index (χ1n) is 12.1. The topological polar surface area (TPSA) is 76.3 Å². The number of alkyl halides is 3. The van der Waals surface area contributed by atoms with Gasteiger partial charge >= 0.3 is 12.3 Å². The fourth-order valence-corrected chi connectivity index (χ4v) is 4.66. The maximum absolute atomic E-state index is 12.7. The highest BCUT2D eigenvalue weighted by Gasteiger charge is 2.31. The van der Waals surface area contributed by atoms with E-state index >= 15 is 0 Å². The van der Waals surface area contributed by atoms with Crippen LogP contribution in [0.2, 0.25) is 0 Å². The van der Waals surface area contributed by atoms with Crippen LogP contribution in [0.15, 0.2) is 42.5 Å². The molecule has 3 aromatic rings. The maximum Gasteiger partial charge on any atom is 0.422 e. The number of halogens is 3. The van der Waals surface area contributed by atoms with Crippen LogP contribution in [0, 0.1) is 17.2 Å². The van der Waals surface area contributed by atoms with Crippen LogP contribution in [0.1, 0.15) is 50.6 Å². The highest BCUT2D eigenvalue weighted by atomic mass is 19.4. The van der Waals surface area contributed by atoms with E-state index in [9.17, 15) is 23.2 Å².